The smallest absolute Gasteiger partial charge is 0.361 e. The third kappa shape index (κ3) is 3.59. The highest BCUT2D eigenvalue weighted by Crippen LogP contribution is 2.15. The summed E-state index contributed by atoms with van der Waals surface area (Å²) in [5.41, 5.74) is 0. The Morgan fingerprint density at radius 2 is 2.00 bits per heavy atom. The quantitative estimate of drug-likeness (QED) is 0.413. The predicted molar refractivity (Wildman–Crippen MR) is 50.2 cm³/mol. The second-order valence-corrected chi connectivity index (χ2v) is 5.03. The molecule has 0 aliphatic carbocycles. The Morgan fingerprint density at radius 1 is 1.64 bits per heavy atom. The van der Waals surface area contributed by atoms with Crippen LogP contribution in [0, 0.1) is 0 Å². The van der Waals surface area contributed by atoms with Crippen LogP contribution in [0.1, 0.15) is 13.8 Å². The molecule has 0 aromatic carbocycles. The van der Waals surface area contributed by atoms with Crippen LogP contribution in [-0.4, -0.2) is 21.9 Å². The minimum Gasteiger partial charge on any atom is -0.547 e. The number of hydrogen-bond acceptors (Lipinski definition) is 4. The molecule has 0 fully saturated rings. The molecule has 0 aromatic rings. The van der Waals surface area contributed by atoms with Crippen LogP contribution >= 0.6 is 12.6 Å². The Labute approximate surface area is 82.7 Å². The van der Waals surface area contributed by atoms with Crippen LogP contribution in [-0.2, 0) is 30.4 Å². The van der Waals surface area contributed by atoms with E-state index < -0.39 is 16.8 Å². The standard InChI is InChI=1S/C5H10NO2S3/c1-5(2,9)3(4(7)8)6(10)11/h3,6,9H,1-2H3,(H,7,8)/q-1/t3-/m0/s1. The summed E-state index contributed by atoms with van der Waals surface area (Å²) in [7, 11) is 0. The number of quaternary nitrogens is 1. The van der Waals surface area contributed by atoms with Crippen LogP contribution in [0.25, 0.3) is 0 Å². The molecule has 1 atom stereocenters. The van der Waals surface area contributed by atoms with Crippen molar-refractivity contribution in [1.82, 2.24) is 0 Å². The zero-order chi connectivity index (χ0) is 9.23. The maximum atomic E-state index is 10.6. The van der Waals surface area contributed by atoms with Gasteiger partial charge in [-0.15, -0.1) is 0 Å². The van der Waals surface area contributed by atoms with Crippen molar-refractivity contribution in [3.05, 3.63) is 0 Å². The molecule has 66 valence electrons. The third-order valence-electron chi connectivity index (χ3n) is 1.19. The summed E-state index contributed by atoms with van der Waals surface area (Å²) in [4.78, 5) is 10.6. The first-order valence-electron chi connectivity index (χ1n) is 2.93. The van der Waals surface area contributed by atoms with E-state index in [0.717, 1.165) is 0 Å². The average molecular weight is 212 g/mol. The fourth-order valence-corrected chi connectivity index (χ4v) is 1.90. The lowest BCUT2D eigenvalue weighted by atomic mass is 10.1. The second kappa shape index (κ2) is 3.93. The molecule has 0 rings (SSSR count). The van der Waals surface area contributed by atoms with Crippen molar-refractivity contribution in [1.29, 1.82) is 0 Å². The zero-order valence-corrected chi connectivity index (χ0v) is 8.72. The molecule has 0 spiro atoms. The Balaban J connectivity index is 4.49. The van der Waals surface area contributed by atoms with Gasteiger partial charge in [-0.1, -0.05) is 0 Å². The van der Waals surface area contributed by atoms with Gasteiger partial charge in [0.1, 0.15) is 0 Å². The van der Waals surface area contributed by atoms with E-state index in [1.54, 1.807) is 13.8 Å². The summed E-state index contributed by atoms with van der Waals surface area (Å²) in [6.45, 7) is 3.35. The Kier molecular flexibility index (Phi) is 4.10. The highest BCUT2D eigenvalue weighted by atomic mass is 32.2. The molecule has 2 N–H and O–H groups in total. The first kappa shape index (κ1) is 11.5. The van der Waals surface area contributed by atoms with E-state index in [0.29, 0.717) is 0 Å². The SMILES string of the molecule is CC(C)(S)[C@H](C(=O)O)[NH+]([S-])[S-]. The Hall–Kier alpha value is 0.480. The molecule has 6 heteroatoms. The topological polar surface area (TPSA) is 41.7 Å². The Bertz CT molecular complexity index is 154. The summed E-state index contributed by atoms with van der Waals surface area (Å²) in [5.74, 6) is -1.01. The van der Waals surface area contributed by atoms with Gasteiger partial charge in [0.05, 0.1) is 4.75 Å². The monoisotopic (exact) mass is 212 g/mol. The van der Waals surface area contributed by atoms with Crippen molar-refractivity contribution in [3.8, 4) is 0 Å². The van der Waals surface area contributed by atoms with E-state index >= 15 is 0 Å². The van der Waals surface area contributed by atoms with E-state index in [1.165, 1.54) is 0 Å². The van der Waals surface area contributed by atoms with Gasteiger partial charge in [0, 0.05) is 0 Å². The van der Waals surface area contributed by atoms with Gasteiger partial charge in [0.25, 0.3) is 0 Å². The predicted octanol–water partition coefficient (Wildman–Crippen LogP) is -1.04. The van der Waals surface area contributed by atoms with E-state index in [1.807, 2.05) is 0 Å². The van der Waals surface area contributed by atoms with Gasteiger partial charge < -0.3 is 34.4 Å². The second-order valence-electron chi connectivity index (χ2n) is 2.74. The van der Waals surface area contributed by atoms with Crippen molar-refractivity contribution in [3.63, 3.8) is 0 Å². The minimum atomic E-state index is -1.01. The molecule has 0 aliphatic rings. The maximum absolute atomic E-state index is 10.6. The molecule has 3 nitrogen and oxygen atoms in total. The molecule has 11 heavy (non-hydrogen) atoms. The fraction of sp³-hybridized carbons (Fsp3) is 0.800. The molecule has 0 heterocycles. The van der Waals surface area contributed by atoms with Crippen LogP contribution in [0.3, 0.4) is 0 Å². The molecular weight excluding hydrogens is 202 g/mol. The number of nitrogens with one attached hydrogen (secondary N) is 1. The van der Waals surface area contributed by atoms with Crippen LogP contribution in [0.5, 0.6) is 0 Å². The molecule has 0 radical (unpaired) electrons. The number of rotatable bonds is 3. The number of carboxylic acids is 1. The van der Waals surface area contributed by atoms with Crippen molar-refractivity contribution >= 4 is 44.2 Å². The molecule has 0 amide bonds. The summed E-state index contributed by atoms with van der Waals surface area (Å²) in [6.07, 6.45) is 0. The highest BCUT2D eigenvalue weighted by Gasteiger charge is 2.33. The molecule has 0 bridgehead atoms. The summed E-state index contributed by atoms with van der Waals surface area (Å²) in [5, 5.41) is 8.68. The molecular formula is C5H10NO2S3-. The fourth-order valence-electron chi connectivity index (χ4n) is 0.691. The van der Waals surface area contributed by atoms with Crippen LogP contribution in [0.15, 0.2) is 0 Å². The van der Waals surface area contributed by atoms with Gasteiger partial charge in [-0.3, -0.25) is 0 Å². The van der Waals surface area contributed by atoms with Crippen molar-refractivity contribution in [2.45, 2.75) is 24.6 Å². The number of aliphatic carboxylic acids is 1. The lowest BCUT2D eigenvalue weighted by molar-refractivity contribution is -0.618. The summed E-state index contributed by atoms with van der Waals surface area (Å²) in [6, 6.07) is -0.837. The van der Waals surface area contributed by atoms with Crippen molar-refractivity contribution < 1.29 is 13.6 Å². The Morgan fingerprint density at radius 3 is 2.00 bits per heavy atom. The largest absolute Gasteiger partial charge is 0.547 e. The van der Waals surface area contributed by atoms with E-state index in [9.17, 15) is 4.79 Å². The van der Waals surface area contributed by atoms with E-state index in [2.05, 4.69) is 38.3 Å². The lowest BCUT2D eigenvalue weighted by Crippen LogP contribution is -3.10. The number of carbonyl (C=O) groups is 1. The number of carboxylic acid groups (broad SMARTS) is 1. The van der Waals surface area contributed by atoms with E-state index in [-0.39, 0.29) is 3.71 Å². The summed E-state index contributed by atoms with van der Waals surface area (Å²) >= 11 is 13.3. The van der Waals surface area contributed by atoms with Gasteiger partial charge in [-0.2, -0.15) is 12.6 Å². The number of thiol groups is 1. The normalized spacial score (nSPS) is 15.1. The van der Waals surface area contributed by atoms with Gasteiger partial charge in [0.15, 0.2) is 6.04 Å². The van der Waals surface area contributed by atoms with Crippen LogP contribution in [0.4, 0.5) is 0 Å². The van der Waals surface area contributed by atoms with Crippen LogP contribution < -0.4 is 3.71 Å². The minimum absolute atomic E-state index is 0.0532. The van der Waals surface area contributed by atoms with E-state index in [4.69, 9.17) is 5.11 Å². The molecule has 0 saturated carbocycles. The number of hydrogen-bond donors (Lipinski definition) is 3. The van der Waals surface area contributed by atoms with Crippen molar-refractivity contribution in [2.75, 3.05) is 0 Å². The van der Waals surface area contributed by atoms with Gasteiger partial charge in [-0.25, -0.2) is 4.79 Å². The highest BCUT2D eigenvalue weighted by molar-refractivity contribution is 7.81. The maximum Gasteiger partial charge on any atom is 0.361 e. The summed E-state index contributed by atoms with van der Waals surface area (Å²) < 4.78 is -0.637. The zero-order valence-electron chi connectivity index (χ0n) is 6.20. The van der Waals surface area contributed by atoms with Gasteiger partial charge in [0.2, 0.25) is 0 Å². The van der Waals surface area contributed by atoms with Crippen molar-refractivity contribution in [2.24, 2.45) is 0 Å². The third-order valence-corrected chi connectivity index (χ3v) is 1.92. The lowest BCUT2D eigenvalue weighted by Gasteiger charge is -2.41. The molecule has 0 saturated heterocycles. The average Bonchev–Trinajstić information content (AvgIpc) is 1.54. The first-order valence-corrected chi connectivity index (χ1v) is 4.19. The molecule has 0 aromatic heterocycles. The first-order chi connectivity index (χ1) is 4.76. The van der Waals surface area contributed by atoms with Crippen LogP contribution in [0.2, 0.25) is 0 Å². The molecule has 0 unspecified atom stereocenters. The van der Waals surface area contributed by atoms with Gasteiger partial charge in [-0.05, 0) is 13.8 Å². The molecule has 0 aliphatic heterocycles. The van der Waals surface area contributed by atoms with Gasteiger partial charge >= 0.3 is 5.97 Å².